The molecule has 1 aromatic heterocycles. The molecule has 1 N–H and O–H groups in total. The number of aromatic carboxylic acids is 1. The van der Waals surface area contributed by atoms with E-state index in [1.54, 1.807) is 60.9 Å². The third kappa shape index (κ3) is 8.36. The average molecular weight is 701 g/mol. The topological polar surface area (TPSA) is 115 Å². The number of carboxylic acid groups (broad SMARTS) is 1. The van der Waals surface area contributed by atoms with Gasteiger partial charge in [0.05, 0.1) is 4.90 Å². The van der Waals surface area contributed by atoms with Crippen molar-refractivity contribution in [2.24, 2.45) is 7.05 Å². The molecule has 9 nitrogen and oxygen atoms in total. The zero-order valence-corrected chi connectivity index (χ0v) is 29.7. The summed E-state index contributed by atoms with van der Waals surface area (Å²) >= 11 is 2.50. The van der Waals surface area contributed by atoms with Crippen molar-refractivity contribution in [2.45, 2.75) is 53.0 Å². The summed E-state index contributed by atoms with van der Waals surface area (Å²) in [6.45, 7) is 11.9. The number of carboxylic acids is 1. The van der Waals surface area contributed by atoms with Crippen LogP contribution in [0.3, 0.4) is 0 Å². The fourth-order valence-electron chi connectivity index (χ4n) is 4.66. The number of benzene rings is 3. The Labute approximate surface area is 274 Å². The van der Waals surface area contributed by atoms with Crippen molar-refractivity contribution in [2.75, 3.05) is 18.3 Å². The summed E-state index contributed by atoms with van der Waals surface area (Å²) in [6, 6.07) is 18.1. The molecule has 1 heterocycles. The zero-order valence-electron chi connectivity index (χ0n) is 27.2. The summed E-state index contributed by atoms with van der Waals surface area (Å²) in [6.07, 6.45) is 1.06. The van der Waals surface area contributed by atoms with Crippen molar-refractivity contribution in [3.63, 3.8) is 0 Å². The van der Waals surface area contributed by atoms with Gasteiger partial charge in [-0.3, -0.25) is 0 Å². The Morgan fingerprint density at radius 3 is 2.09 bits per heavy atom. The fourth-order valence-corrected chi connectivity index (χ4v) is 5.54. The van der Waals surface area contributed by atoms with Gasteiger partial charge in [-0.2, -0.15) is 0 Å². The molecule has 0 saturated carbocycles. The second-order valence-electron chi connectivity index (χ2n) is 9.59. The number of hydrogen-bond donors (Lipinski definition) is 1. The molecule has 0 aliphatic rings. The summed E-state index contributed by atoms with van der Waals surface area (Å²) in [5, 5.41) is 9.85. The van der Waals surface area contributed by atoms with Crippen molar-refractivity contribution < 1.29 is 31.7 Å². The van der Waals surface area contributed by atoms with Crippen LogP contribution in [0, 0.1) is 13.8 Å². The molecule has 0 aliphatic carbocycles. The van der Waals surface area contributed by atoms with E-state index in [-0.39, 0.29) is 28.5 Å². The van der Waals surface area contributed by atoms with Gasteiger partial charge in [0.25, 0.3) is 0 Å². The predicted octanol–water partition coefficient (Wildman–Crippen LogP) is 6.78. The number of carbonyl (C=O) groups is 2. The molecule has 241 valence electrons. The van der Waals surface area contributed by atoms with Crippen LogP contribution in [0.1, 0.15) is 65.2 Å². The second-order valence-corrected chi connectivity index (χ2v) is 12.0. The van der Waals surface area contributed by atoms with E-state index in [4.69, 9.17) is 8.56 Å². The minimum absolute atomic E-state index is 0.0187. The molecule has 0 saturated heterocycles. The van der Waals surface area contributed by atoms with E-state index in [2.05, 4.69) is 16.3 Å². The maximum absolute atomic E-state index is 14.3. The standard InChI is InChI=1S/C30H29N2O7SSe.2C2H6/c1-18-20(7-6-8-28(18)38-4)17-32(21-9-11-22(39-41)12-10-21)29(33)25-16-27(31(3)19(25)2)26-15-23(40(5,36)37)13-14-24(26)30(34)35;2*1-2/h6-16H,17H2,1-5H3,(H,34,35);2*1-2H3. The first-order valence-corrected chi connectivity index (χ1v) is 17.0. The first-order chi connectivity index (χ1) is 21.4. The molecule has 0 fully saturated rings. The Balaban J connectivity index is 0.00000169. The van der Waals surface area contributed by atoms with Crippen molar-refractivity contribution in [1.82, 2.24) is 4.57 Å². The van der Waals surface area contributed by atoms with Crippen molar-refractivity contribution in [3.8, 4) is 22.8 Å². The Morgan fingerprint density at radius 2 is 1.56 bits per heavy atom. The molecule has 11 heteroatoms. The first-order valence-electron chi connectivity index (χ1n) is 14.5. The average Bonchev–Trinajstić information content (AvgIpc) is 3.34. The summed E-state index contributed by atoms with van der Waals surface area (Å²) < 4.78 is 36.9. The Morgan fingerprint density at radius 1 is 0.933 bits per heavy atom. The van der Waals surface area contributed by atoms with Gasteiger partial charge < -0.3 is 5.11 Å². The number of aromatic nitrogens is 1. The molecular weight excluding hydrogens is 659 g/mol. The second kappa shape index (κ2) is 16.3. The van der Waals surface area contributed by atoms with Crippen LogP contribution in [0.25, 0.3) is 11.3 Å². The summed E-state index contributed by atoms with van der Waals surface area (Å²) in [5.74, 6) is -0.244. The molecule has 4 rings (SSSR count). The van der Waals surface area contributed by atoms with Gasteiger partial charge in [-0.1, -0.05) is 27.7 Å². The Hall–Kier alpha value is -4.05. The molecular formula is C34H41N2O7SSe. The number of anilines is 1. The van der Waals surface area contributed by atoms with E-state index in [9.17, 15) is 23.1 Å². The molecule has 0 atom stereocenters. The van der Waals surface area contributed by atoms with E-state index < -0.39 is 15.8 Å². The van der Waals surface area contributed by atoms with Gasteiger partial charge in [-0.25, -0.2) is 13.2 Å². The first kappa shape index (κ1) is 37.1. The molecule has 3 aromatic carbocycles. The van der Waals surface area contributed by atoms with Crippen LogP contribution < -0.4 is 13.5 Å². The van der Waals surface area contributed by atoms with Crippen LogP contribution in [0.4, 0.5) is 5.69 Å². The van der Waals surface area contributed by atoms with Crippen LogP contribution in [-0.4, -0.2) is 59.7 Å². The molecule has 4 aromatic rings. The van der Waals surface area contributed by atoms with E-state index >= 15 is 0 Å². The normalized spacial score (nSPS) is 10.5. The maximum atomic E-state index is 14.3. The van der Waals surface area contributed by atoms with Crippen LogP contribution in [0.5, 0.6) is 11.5 Å². The Kier molecular flexibility index (Phi) is 13.5. The van der Waals surface area contributed by atoms with Crippen LogP contribution in [0.15, 0.2) is 71.6 Å². The van der Waals surface area contributed by atoms with Crippen LogP contribution in [0.2, 0.25) is 0 Å². The van der Waals surface area contributed by atoms with Gasteiger partial charge in [-0.15, -0.1) is 0 Å². The monoisotopic (exact) mass is 701 g/mol. The van der Waals surface area contributed by atoms with E-state index in [1.807, 2.05) is 52.8 Å². The number of nitrogens with zero attached hydrogens (tertiary/aromatic N) is 2. The third-order valence-corrected chi connectivity index (χ3v) is 8.64. The van der Waals surface area contributed by atoms with E-state index in [0.29, 0.717) is 34.1 Å². The number of amides is 1. The van der Waals surface area contributed by atoms with Gasteiger partial charge in [-0.05, 0) is 12.1 Å². The summed E-state index contributed by atoms with van der Waals surface area (Å²) in [5.41, 5.74) is 3.84. The zero-order chi connectivity index (χ0) is 34.1. The Bertz CT molecular complexity index is 1750. The predicted molar refractivity (Wildman–Crippen MR) is 179 cm³/mol. The van der Waals surface area contributed by atoms with Crippen LogP contribution in [-0.2, 0) is 23.4 Å². The molecule has 1 amide bonds. The summed E-state index contributed by atoms with van der Waals surface area (Å²) in [7, 11) is -0.307. The molecule has 0 aliphatic heterocycles. The molecule has 0 spiro atoms. The van der Waals surface area contributed by atoms with Crippen molar-refractivity contribution >= 4 is 43.7 Å². The number of sulfone groups is 1. The number of methoxy groups -OCH3 is 1. The SMILES string of the molecule is CC.CC.COc1cccc(CN(C(=O)c2cc(-c3cc(S(C)(=O)=O)ccc3C(=O)O)n(C)c2C)c2ccc(O[Se])cc2)c1C. The van der Waals surface area contributed by atoms with Crippen molar-refractivity contribution in [1.29, 1.82) is 0 Å². The minimum atomic E-state index is -3.61. The van der Waals surface area contributed by atoms with Crippen LogP contribution >= 0.6 is 0 Å². The van der Waals surface area contributed by atoms with E-state index in [1.165, 1.54) is 18.2 Å². The quantitative estimate of drug-likeness (QED) is 0.192. The third-order valence-electron chi connectivity index (χ3n) is 7.13. The molecule has 45 heavy (non-hydrogen) atoms. The summed E-state index contributed by atoms with van der Waals surface area (Å²) in [4.78, 5) is 27.9. The molecule has 0 unspecified atom stereocenters. The number of carbonyl (C=O) groups excluding carboxylic acids is 1. The molecule has 0 bridgehead atoms. The number of rotatable bonds is 9. The fraction of sp³-hybridized carbons (Fsp3) is 0.294. The van der Waals surface area contributed by atoms with Gasteiger partial charge in [0.2, 0.25) is 0 Å². The van der Waals surface area contributed by atoms with Gasteiger partial charge in [0.15, 0.2) is 9.84 Å². The van der Waals surface area contributed by atoms with E-state index in [0.717, 1.165) is 17.4 Å². The van der Waals surface area contributed by atoms with Gasteiger partial charge in [0.1, 0.15) is 0 Å². The molecule has 1 radical (unpaired) electrons. The van der Waals surface area contributed by atoms with Gasteiger partial charge >= 0.3 is 197 Å². The number of ether oxygens (including phenoxy) is 1. The number of hydrogen-bond acceptors (Lipinski definition) is 6. The van der Waals surface area contributed by atoms with Gasteiger partial charge in [0, 0.05) is 6.26 Å². The van der Waals surface area contributed by atoms with Crippen molar-refractivity contribution in [3.05, 3.63) is 94.7 Å².